The van der Waals surface area contributed by atoms with Crippen molar-refractivity contribution in [3.05, 3.63) is 99.0 Å². The monoisotopic (exact) mass is 402 g/mol. The van der Waals surface area contributed by atoms with Gasteiger partial charge in [-0.15, -0.1) is 0 Å². The van der Waals surface area contributed by atoms with Crippen LogP contribution in [0.5, 0.6) is 0 Å². The van der Waals surface area contributed by atoms with Crippen LogP contribution < -0.4 is 11.0 Å². The standard InChI is InChI=1S/C21H18N6O3/c1-14(19-22-10-5-11-23-19)24-20-17-12-16(27(29)30)8-9-18(17)26(21(28)25-20)13-15-6-3-2-4-7-15/h2-12,14H,13H2,1H3,(H,24,25,28). The molecule has 1 atom stereocenters. The Morgan fingerprint density at radius 1 is 1.10 bits per heavy atom. The van der Waals surface area contributed by atoms with Gasteiger partial charge in [0.1, 0.15) is 11.6 Å². The highest BCUT2D eigenvalue weighted by atomic mass is 16.6. The number of hydrogen-bond acceptors (Lipinski definition) is 7. The maximum atomic E-state index is 12.8. The highest BCUT2D eigenvalue weighted by Gasteiger charge is 2.17. The molecule has 0 aliphatic carbocycles. The van der Waals surface area contributed by atoms with Crippen LogP contribution in [0.25, 0.3) is 10.9 Å². The fourth-order valence-electron chi connectivity index (χ4n) is 3.21. The molecule has 9 heteroatoms. The zero-order chi connectivity index (χ0) is 21.1. The van der Waals surface area contributed by atoms with Crippen LogP contribution in [0.3, 0.4) is 0 Å². The number of nitro benzene ring substituents is 1. The van der Waals surface area contributed by atoms with E-state index in [0.717, 1.165) is 5.56 Å². The first kappa shape index (κ1) is 19.2. The number of rotatable bonds is 6. The van der Waals surface area contributed by atoms with Crippen LogP contribution in [0.2, 0.25) is 0 Å². The van der Waals surface area contributed by atoms with Gasteiger partial charge in [0.05, 0.1) is 23.0 Å². The average molecular weight is 402 g/mol. The second kappa shape index (κ2) is 8.08. The lowest BCUT2D eigenvalue weighted by atomic mass is 10.1. The Morgan fingerprint density at radius 3 is 2.53 bits per heavy atom. The highest BCUT2D eigenvalue weighted by Crippen LogP contribution is 2.27. The third-order valence-corrected chi connectivity index (χ3v) is 4.69. The SMILES string of the molecule is CC(Nc1nc(=O)n(Cc2ccccc2)c2ccc([N+](=O)[O-])cc12)c1ncccn1. The van der Waals surface area contributed by atoms with Crippen molar-refractivity contribution in [3.63, 3.8) is 0 Å². The van der Waals surface area contributed by atoms with E-state index < -0.39 is 10.6 Å². The summed E-state index contributed by atoms with van der Waals surface area (Å²) in [5.41, 5.74) is 0.936. The maximum Gasteiger partial charge on any atom is 0.350 e. The van der Waals surface area contributed by atoms with Crippen LogP contribution in [0.4, 0.5) is 11.5 Å². The molecule has 2 heterocycles. The number of non-ortho nitro benzene ring substituents is 1. The number of hydrogen-bond donors (Lipinski definition) is 1. The number of fused-ring (bicyclic) bond motifs is 1. The van der Waals surface area contributed by atoms with Gasteiger partial charge in [-0.1, -0.05) is 30.3 Å². The highest BCUT2D eigenvalue weighted by molar-refractivity contribution is 5.91. The first-order valence-corrected chi connectivity index (χ1v) is 9.29. The minimum absolute atomic E-state index is 0.0825. The smallest absolute Gasteiger partial charge is 0.350 e. The molecular formula is C21H18N6O3. The van der Waals surface area contributed by atoms with Gasteiger partial charge < -0.3 is 5.32 Å². The van der Waals surface area contributed by atoms with E-state index in [1.807, 2.05) is 37.3 Å². The van der Waals surface area contributed by atoms with Gasteiger partial charge in [0.2, 0.25) is 0 Å². The summed E-state index contributed by atoms with van der Waals surface area (Å²) < 4.78 is 1.50. The molecule has 0 amide bonds. The van der Waals surface area contributed by atoms with Crippen LogP contribution >= 0.6 is 0 Å². The molecule has 150 valence electrons. The lowest BCUT2D eigenvalue weighted by molar-refractivity contribution is -0.384. The molecule has 1 N–H and O–H groups in total. The number of nitrogens with zero attached hydrogens (tertiary/aromatic N) is 5. The zero-order valence-corrected chi connectivity index (χ0v) is 16.1. The molecule has 4 rings (SSSR count). The Bertz CT molecular complexity index is 1260. The van der Waals surface area contributed by atoms with E-state index in [1.165, 1.54) is 16.7 Å². The molecule has 2 aromatic carbocycles. The Kier molecular flexibility index (Phi) is 5.17. The van der Waals surface area contributed by atoms with Gasteiger partial charge >= 0.3 is 5.69 Å². The van der Waals surface area contributed by atoms with E-state index in [1.54, 1.807) is 24.5 Å². The number of nitrogens with one attached hydrogen (secondary N) is 1. The first-order chi connectivity index (χ1) is 14.5. The summed E-state index contributed by atoms with van der Waals surface area (Å²) in [4.78, 5) is 36.3. The topological polar surface area (TPSA) is 116 Å². The Morgan fingerprint density at radius 2 is 1.83 bits per heavy atom. The summed E-state index contributed by atoms with van der Waals surface area (Å²) in [5.74, 6) is 0.773. The van der Waals surface area contributed by atoms with Crippen LogP contribution in [-0.2, 0) is 6.54 Å². The van der Waals surface area contributed by atoms with Crippen molar-refractivity contribution in [1.29, 1.82) is 0 Å². The molecule has 0 fully saturated rings. The lowest BCUT2D eigenvalue weighted by Gasteiger charge is -2.17. The van der Waals surface area contributed by atoms with Crippen molar-refractivity contribution in [1.82, 2.24) is 19.5 Å². The molecule has 9 nitrogen and oxygen atoms in total. The minimum atomic E-state index is -0.473. The summed E-state index contributed by atoms with van der Waals surface area (Å²) >= 11 is 0. The van der Waals surface area contributed by atoms with Crippen molar-refractivity contribution < 1.29 is 4.92 Å². The third-order valence-electron chi connectivity index (χ3n) is 4.69. The van der Waals surface area contributed by atoms with Crippen LogP contribution in [0.15, 0.2) is 71.8 Å². The number of anilines is 1. The van der Waals surface area contributed by atoms with Crippen molar-refractivity contribution in [2.45, 2.75) is 19.5 Å². The van der Waals surface area contributed by atoms with Crippen molar-refractivity contribution in [3.8, 4) is 0 Å². The molecule has 4 aromatic rings. The average Bonchev–Trinajstić information content (AvgIpc) is 2.77. The summed E-state index contributed by atoms with van der Waals surface area (Å²) in [7, 11) is 0. The summed E-state index contributed by atoms with van der Waals surface area (Å²) in [5, 5.41) is 14.9. The number of benzene rings is 2. The van der Waals surface area contributed by atoms with Crippen molar-refractivity contribution >= 4 is 22.4 Å². The van der Waals surface area contributed by atoms with Gasteiger partial charge in [-0.05, 0) is 24.6 Å². The molecular weight excluding hydrogens is 384 g/mol. The van der Waals surface area contributed by atoms with Crippen LogP contribution in [0, 0.1) is 10.1 Å². The fourth-order valence-corrected chi connectivity index (χ4v) is 3.21. The first-order valence-electron chi connectivity index (χ1n) is 9.29. The molecule has 0 spiro atoms. The third kappa shape index (κ3) is 3.86. The molecule has 0 aliphatic rings. The van der Waals surface area contributed by atoms with Gasteiger partial charge in [-0.25, -0.2) is 14.8 Å². The molecule has 2 aromatic heterocycles. The summed E-state index contributed by atoms with van der Waals surface area (Å²) in [6, 6.07) is 15.2. The quantitative estimate of drug-likeness (QED) is 0.388. The molecule has 0 aliphatic heterocycles. The summed E-state index contributed by atoms with van der Waals surface area (Å²) in [6.45, 7) is 2.13. The van der Waals surface area contributed by atoms with Crippen molar-refractivity contribution in [2.24, 2.45) is 0 Å². The molecule has 0 radical (unpaired) electrons. The number of aromatic nitrogens is 4. The fraction of sp³-hybridized carbons (Fsp3) is 0.143. The lowest BCUT2D eigenvalue weighted by Crippen LogP contribution is -2.26. The molecule has 0 saturated heterocycles. The van der Waals surface area contributed by atoms with Gasteiger partial charge in [0.25, 0.3) is 5.69 Å². The van der Waals surface area contributed by atoms with Gasteiger partial charge in [-0.2, -0.15) is 4.98 Å². The Balaban J connectivity index is 1.83. The van der Waals surface area contributed by atoms with Gasteiger partial charge in [-0.3, -0.25) is 14.7 Å². The Hall–Kier alpha value is -4.14. The molecule has 30 heavy (non-hydrogen) atoms. The van der Waals surface area contributed by atoms with Crippen LogP contribution in [0.1, 0.15) is 24.4 Å². The zero-order valence-electron chi connectivity index (χ0n) is 16.1. The van der Waals surface area contributed by atoms with Gasteiger partial charge in [0, 0.05) is 29.9 Å². The van der Waals surface area contributed by atoms with E-state index in [2.05, 4.69) is 20.3 Å². The van der Waals surface area contributed by atoms with Crippen molar-refractivity contribution in [2.75, 3.05) is 5.32 Å². The Labute approximate surface area is 171 Å². The van der Waals surface area contributed by atoms with E-state index in [0.29, 0.717) is 23.3 Å². The number of nitro groups is 1. The van der Waals surface area contributed by atoms with E-state index >= 15 is 0 Å². The normalized spacial score (nSPS) is 11.9. The second-order valence-corrected chi connectivity index (χ2v) is 6.75. The van der Waals surface area contributed by atoms with E-state index in [-0.39, 0.29) is 17.5 Å². The predicted octanol–water partition coefficient (Wildman–Crippen LogP) is 3.32. The van der Waals surface area contributed by atoms with E-state index in [9.17, 15) is 14.9 Å². The largest absolute Gasteiger partial charge is 0.360 e. The van der Waals surface area contributed by atoms with Crippen LogP contribution in [-0.4, -0.2) is 24.4 Å². The second-order valence-electron chi connectivity index (χ2n) is 6.75. The molecule has 1 unspecified atom stereocenters. The maximum absolute atomic E-state index is 12.8. The van der Waals surface area contributed by atoms with E-state index in [4.69, 9.17) is 0 Å². The molecule has 0 saturated carbocycles. The minimum Gasteiger partial charge on any atom is -0.360 e. The summed E-state index contributed by atoms with van der Waals surface area (Å²) in [6.07, 6.45) is 3.24. The van der Waals surface area contributed by atoms with Gasteiger partial charge in [0.15, 0.2) is 0 Å². The molecule has 0 bridgehead atoms. The predicted molar refractivity (Wildman–Crippen MR) is 112 cm³/mol.